The Bertz CT molecular complexity index is 235. The van der Waals surface area contributed by atoms with E-state index in [1.165, 1.54) is 13.8 Å². The van der Waals surface area contributed by atoms with Crippen molar-refractivity contribution in [3.05, 3.63) is 0 Å². The van der Waals surface area contributed by atoms with Crippen LogP contribution < -0.4 is 0 Å². The van der Waals surface area contributed by atoms with Gasteiger partial charge in [0.15, 0.2) is 0 Å². The highest BCUT2D eigenvalue weighted by Gasteiger charge is 2.50. The summed E-state index contributed by atoms with van der Waals surface area (Å²) in [6, 6.07) is 0. The number of carbonyl (C=O) groups is 2. The van der Waals surface area contributed by atoms with Crippen molar-refractivity contribution < 1.29 is 18.4 Å². The zero-order valence-electron chi connectivity index (χ0n) is 8.12. The van der Waals surface area contributed by atoms with E-state index < -0.39 is 17.4 Å². The molecule has 0 N–H and O–H groups in total. The molecule has 0 radical (unpaired) electrons. The van der Waals surface area contributed by atoms with Crippen LogP contribution in [0.2, 0.25) is 17.9 Å². The molecule has 0 saturated carbocycles. The van der Waals surface area contributed by atoms with Crippen LogP contribution in [0.1, 0.15) is 13.8 Å². The summed E-state index contributed by atoms with van der Waals surface area (Å²) < 4.78 is 10.3. The van der Waals surface area contributed by atoms with Crippen LogP contribution >= 0.6 is 0 Å². The van der Waals surface area contributed by atoms with E-state index in [2.05, 4.69) is 0 Å². The van der Waals surface area contributed by atoms with Crippen molar-refractivity contribution in [1.82, 2.24) is 0 Å². The molecule has 0 unspecified atom stereocenters. The van der Waals surface area contributed by atoms with Gasteiger partial charge in [0, 0.05) is 25.2 Å². The first-order valence-corrected chi connectivity index (χ1v) is 9.21. The van der Waals surface area contributed by atoms with Crippen molar-refractivity contribution in [2.45, 2.75) is 31.7 Å². The van der Waals surface area contributed by atoms with Crippen LogP contribution in [-0.4, -0.2) is 29.3 Å². The minimum atomic E-state index is -1.75. The Balaban J connectivity index is 2.30. The van der Waals surface area contributed by atoms with Gasteiger partial charge in [0.1, 0.15) is 0 Å². The third-order valence-corrected chi connectivity index (χ3v) is 14.0. The highest BCUT2D eigenvalue weighted by molar-refractivity contribution is 7.00. The predicted octanol–water partition coefficient (Wildman–Crippen LogP) is 0.504. The molecule has 74 valence electrons. The van der Waals surface area contributed by atoms with Gasteiger partial charge >= 0.3 is 0 Å². The van der Waals surface area contributed by atoms with Crippen molar-refractivity contribution in [2.75, 3.05) is 0 Å². The molecule has 4 nitrogen and oxygen atoms in total. The molecular weight excluding hydrogens is 204 g/mol. The molecule has 1 fully saturated rings. The normalized spacial score (nSPS) is 31.8. The summed E-state index contributed by atoms with van der Waals surface area (Å²) in [5.74, 6) is -0.403. The lowest BCUT2D eigenvalue weighted by Gasteiger charge is -2.39. The maximum Gasteiger partial charge on any atom is 0.289 e. The topological polar surface area (TPSA) is 52.6 Å². The maximum absolute atomic E-state index is 10.7. The van der Waals surface area contributed by atoms with E-state index in [9.17, 15) is 9.59 Å². The Morgan fingerprint density at radius 3 is 2.15 bits per heavy atom. The Kier molecular flexibility index (Phi) is 2.92. The second-order valence-electron chi connectivity index (χ2n) is 3.68. The zero-order chi connectivity index (χ0) is 10.1. The first kappa shape index (κ1) is 10.5. The Morgan fingerprint density at radius 2 is 1.77 bits per heavy atom. The van der Waals surface area contributed by atoms with E-state index in [-0.39, 0.29) is 11.9 Å². The molecule has 0 bridgehead atoms. The minimum Gasteiger partial charge on any atom is -0.522 e. The fourth-order valence-electron chi connectivity index (χ4n) is 1.65. The van der Waals surface area contributed by atoms with Gasteiger partial charge in [-0.05, 0) is 6.55 Å². The maximum atomic E-state index is 10.7. The molecule has 0 spiro atoms. The molecule has 1 rings (SSSR count). The van der Waals surface area contributed by atoms with Crippen LogP contribution in [0.15, 0.2) is 0 Å². The van der Waals surface area contributed by atoms with Gasteiger partial charge in [-0.15, -0.1) is 0 Å². The summed E-state index contributed by atoms with van der Waals surface area (Å²) in [6.45, 7) is 4.87. The van der Waals surface area contributed by atoms with E-state index in [4.69, 9.17) is 8.85 Å². The van der Waals surface area contributed by atoms with Gasteiger partial charge in [0.05, 0.1) is 0 Å². The van der Waals surface area contributed by atoms with Gasteiger partial charge < -0.3 is 8.85 Å². The largest absolute Gasteiger partial charge is 0.522 e. The summed E-state index contributed by atoms with van der Waals surface area (Å²) >= 11 is 0. The molecule has 0 atom stereocenters. The summed E-state index contributed by atoms with van der Waals surface area (Å²) in [4.78, 5) is 21.3. The molecule has 13 heavy (non-hydrogen) atoms. The van der Waals surface area contributed by atoms with Crippen LogP contribution in [0.5, 0.6) is 0 Å². The van der Waals surface area contributed by atoms with Crippen molar-refractivity contribution in [3.63, 3.8) is 0 Å². The van der Waals surface area contributed by atoms with Gasteiger partial charge in [-0.2, -0.15) is 0 Å². The van der Waals surface area contributed by atoms with Crippen LogP contribution in [0, 0.1) is 0 Å². The molecule has 0 aromatic carbocycles. The second kappa shape index (κ2) is 3.63. The number of hydrogen-bond acceptors (Lipinski definition) is 4. The van der Waals surface area contributed by atoms with E-state index in [0.717, 1.165) is 11.3 Å². The SMILES string of the molecule is CC(=O)O[SiH]1C[Si](C)(OC(C)=O)C1. The molecule has 1 aliphatic rings. The standard InChI is InChI=1S/C7H14O4Si2/c1-6(8)10-12-4-13(3,5-12)11-7(2)9/h12H,4-5H2,1-3H3. The lowest BCUT2D eigenvalue weighted by atomic mass is 10.9. The molecule has 0 aliphatic carbocycles. The van der Waals surface area contributed by atoms with E-state index in [0.29, 0.717) is 0 Å². The fraction of sp³-hybridized carbons (Fsp3) is 0.714. The van der Waals surface area contributed by atoms with Crippen molar-refractivity contribution in [3.8, 4) is 0 Å². The summed E-state index contributed by atoms with van der Waals surface area (Å²) in [7, 11) is -3.06. The number of rotatable bonds is 2. The van der Waals surface area contributed by atoms with Gasteiger partial charge in [-0.25, -0.2) is 0 Å². The smallest absolute Gasteiger partial charge is 0.289 e. The van der Waals surface area contributed by atoms with Crippen molar-refractivity contribution in [2.24, 2.45) is 0 Å². The summed E-state index contributed by atoms with van der Waals surface area (Å²) in [5.41, 5.74) is 1.76. The summed E-state index contributed by atoms with van der Waals surface area (Å²) in [5, 5.41) is 0. The van der Waals surface area contributed by atoms with E-state index >= 15 is 0 Å². The van der Waals surface area contributed by atoms with Gasteiger partial charge in [-0.1, -0.05) is 0 Å². The molecule has 0 aromatic rings. The lowest BCUT2D eigenvalue weighted by molar-refractivity contribution is -0.132. The quantitative estimate of drug-likeness (QED) is 0.634. The molecule has 6 heteroatoms. The molecule has 1 aliphatic heterocycles. The fourth-order valence-corrected chi connectivity index (χ4v) is 11.4. The Hall–Kier alpha value is -0.626. The number of carbonyl (C=O) groups excluding carboxylic acids is 2. The minimum absolute atomic E-state index is 0.199. The van der Waals surface area contributed by atoms with Gasteiger partial charge in [0.25, 0.3) is 20.3 Å². The molecule has 1 heterocycles. The highest BCUT2D eigenvalue weighted by atomic mass is 28.4. The van der Waals surface area contributed by atoms with Crippen molar-refractivity contribution >= 4 is 29.3 Å². The molecule has 1 saturated heterocycles. The average molecular weight is 218 g/mol. The molecular formula is C7H14O4Si2. The lowest BCUT2D eigenvalue weighted by Crippen LogP contribution is -2.55. The molecule has 0 aromatic heterocycles. The first-order valence-electron chi connectivity index (χ1n) is 4.28. The summed E-state index contributed by atoms with van der Waals surface area (Å²) in [6.07, 6.45) is 0. The Labute approximate surface area is 80.1 Å². The van der Waals surface area contributed by atoms with E-state index in [1.807, 2.05) is 6.55 Å². The van der Waals surface area contributed by atoms with Crippen LogP contribution in [0.3, 0.4) is 0 Å². The third kappa shape index (κ3) is 2.96. The average Bonchev–Trinajstić information content (AvgIpc) is 1.79. The van der Waals surface area contributed by atoms with Crippen LogP contribution in [-0.2, 0) is 18.4 Å². The van der Waals surface area contributed by atoms with Gasteiger partial charge in [0.2, 0.25) is 9.04 Å². The van der Waals surface area contributed by atoms with Crippen molar-refractivity contribution in [1.29, 1.82) is 0 Å². The van der Waals surface area contributed by atoms with Gasteiger partial charge in [-0.3, -0.25) is 9.59 Å². The number of hydrogen-bond donors (Lipinski definition) is 0. The zero-order valence-corrected chi connectivity index (χ0v) is 10.3. The monoisotopic (exact) mass is 218 g/mol. The van der Waals surface area contributed by atoms with E-state index in [1.54, 1.807) is 0 Å². The van der Waals surface area contributed by atoms with Crippen LogP contribution in [0.4, 0.5) is 0 Å². The third-order valence-electron chi connectivity index (χ3n) is 2.04. The highest BCUT2D eigenvalue weighted by Crippen LogP contribution is 2.33. The van der Waals surface area contributed by atoms with Crippen LogP contribution in [0.25, 0.3) is 0 Å². The second-order valence-corrected chi connectivity index (χ2v) is 11.5. The molecule has 0 amide bonds. The predicted molar refractivity (Wildman–Crippen MR) is 51.9 cm³/mol. The Morgan fingerprint density at radius 1 is 1.23 bits per heavy atom. The first-order chi connectivity index (χ1) is 5.91.